The number of nitriles is 1. The molecule has 0 heterocycles. The van der Waals surface area contributed by atoms with Gasteiger partial charge < -0.3 is 9.47 Å². The third-order valence-electron chi connectivity index (χ3n) is 3.06. The second kappa shape index (κ2) is 8.21. The van der Waals surface area contributed by atoms with E-state index in [1.54, 1.807) is 32.9 Å². The van der Waals surface area contributed by atoms with Crippen molar-refractivity contribution in [1.82, 2.24) is 0 Å². The zero-order chi connectivity index (χ0) is 18.4. The zero-order valence-corrected chi connectivity index (χ0v) is 16.5. The summed E-state index contributed by atoms with van der Waals surface area (Å²) in [4.78, 5) is 12.0. The smallest absolute Gasteiger partial charge is 0.412 e. The van der Waals surface area contributed by atoms with Crippen molar-refractivity contribution < 1.29 is 14.3 Å². The van der Waals surface area contributed by atoms with Crippen LogP contribution in [0.15, 0.2) is 42.5 Å². The van der Waals surface area contributed by atoms with Crippen LogP contribution < -0.4 is 10.1 Å². The predicted molar refractivity (Wildman–Crippen MR) is 105 cm³/mol. The van der Waals surface area contributed by atoms with Crippen molar-refractivity contribution >= 4 is 34.4 Å². The molecule has 0 aliphatic carbocycles. The van der Waals surface area contributed by atoms with Gasteiger partial charge in [0.1, 0.15) is 24.0 Å². The van der Waals surface area contributed by atoms with Crippen molar-refractivity contribution in [2.24, 2.45) is 0 Å². The van der Waals surface area contributed by atoms with Gasteiger partial charge in [-0.2, -0.15) is 5.26 Å². The van der Waals surface area contributed by atoms with Crippen LogP contribution in [0, 0.1) is 14.9 Å². The first-order valence-corrected chi connectivity index (χ1v) is 8.77. The van der Waals surface area contributed by atoms with Crippen LogP contribution in [0.5, 0.6) is 5.75 Å². The molecule has 0 fully saturated rings. The van der Waals surface area contributed by atoms with E-state index in [0.717, 1.165) is 9.13 Å². The second-order valence-electron chi connectivity index (χ2n) is 6.34. The number of benzene rings is 2. The van der Waals surface area contributed by atoms with Gasteiger partial charge in [0, 0.05) is 9.64 Å². The maximum absolute atomic E-state index is 12.0. The van der Waals surface area contributed by atoms with Gasteiger partial charge in [0.2, 0.25) is 0 Å². The summed E-state index contributed by atoms with van der Waals surface area (Å²) in [7, 11) is 0. The lowest BCUT2D eigenvalue weighted by molar-refractivity contribution is 0.0636. The Balaban J connectivity index is 2.19. The molecular weight excluding hydrogens is 431 g/mol. The van der Waals surface area contributed by atoms with E-state index in [2.05, 4.69) is 34.0 Å². The average Bonchev–Trinajstić information content (AvgIpc) is 2.54. The van der Waals surface area contributed by atoms with Crippen LogP contribution in [0.4, 0.5) is 10.5 Å². The number of nitrogens with zero attached hydrogens (tertiary/aromatic N) is 1. The molecular formula is C19H19IN2O3. The molecule has 5 nitrogen and oxygen atoms in total. The van der Waals surface area contributed by atoms with Gasteiger partial charge in [-0.25, -0.2) is 4.79 Å². The Morgan fingerprint density at radius 2 is 1.92 bits per heavy atom. The van der Waals surface area contributed by atoms with Gasteiger partial charge in [0.15, 0.2) is 0 Å². The summed E-state index contributed by atoms with van der Waals surface area (Å²) in [5, 5.41) is 12.0. The molecule has 0 saturated carbocycles. The molecule has 1 amide bonds. The van der Waals surface area contributed by atoms with E-state index >= 15 is 0 Å². The van der Waals surface area contributed by atoms with Crippen LogP contribution in [0.3, 0.4) is 0 Å². The lowest BCUT2D eigenvalue weighted by Gasteiger charge is -2.20. The van der Waals surface area contributed by atoms with E-state index < -0.39 is 11.7 Å². The molecule has 0 aromatic heterocycles. The SMILES string of the molecule is CC(C)(C)OC(=O)Nc1cc(OCc2ccccc2)c(C#N)cc1I. The molecule has 0 spiro atoms. The highest BCUT2D eigenvalue weighted by Gasteiger charge is 2.18. The van der Waals surface area contributed by atoms with E-state index in [4.69, 9.17) is 9.47 Å². The number of anilines is 1. The largest absolute Gasteiger partial charge is 0.487 e. The number of carbonyl (C=O) groups excluding carboxylic acids is 1. The number of halogens is 1. The molecule has 0 radical (unpaired) electrons. The summed E-state index contributed by atoms with van der Waals surface area (Å²) >= 11 is 2.06. The molecule has 6 heteroatoms. The first-order valence-electron chi connectivity index (χ1n) is 7.69. The summed E-state index contributed by atoms with van der Waals surface area (Å²) < 4.78 is 11.8. The summed E-state index contributed by atoms with van der Waals surface area (Å²) in [6.07, 6.45) is -0.552. The third-order valence-corrected chi connectivity index (χ3v) is 3.95. The Kier molecular flexibility index (Phi) is 6.26. The monoisotopic (exact) mass is 450 g/mol. The van der Waals surface area contributed by atoms with E-state index in [1.807, 2.05) is 30.3 Å². The standard InChI is InChI=1S/C19H19IN2O3/c1-19(2,3)25-18(23)22-16-10-17(14(11-21)9-15(16)20)24-12-13-7-5-4-6-8-13/h4-10H,12H2,1-3H3,(H,22,23). The van der Waals surface area contributed by atoms with Gasteiger partial charge in [0.05, 0.1) is 11.3 Å². The molecule has 130 valence electrons. The maximum Gasteiger partial charge on any atom is 0.412 e. The molecule has 1 N–H and O–H groups in total. The number of carbonyl (C=O) groups is 1. The molecule has 0 aliphatic rings. The minimum absolute atomic E-state index is 0.335. The van der Waals surface area contributed by atoms with E-state index in [9.17, 15) is 10.1 Å². The minimum atomic E-state index is -0.589. The Labute approximate surface area is 161 Å². The van der Waals surface area contributed by atoms with Gasteiger partial charge >= 0.3 is 6.09 Å². The lowest BCUT2D eigenvalue weighted by Crippen LogP contribution is -2.27. The van der Waals surface area contributed by atoms with Crippen molar-refractivity contribution in [1.29, 1.82) is 5.26 Å². The summed E-state index contributed by atoms with van der Waals surface area (Å²) in [5.41, 5.74) is 1.35. The van der Waals surface area contributed by atoms with Crippen LogP contribution in [0.2, 0.25) is 0 Å². The number of ether oxygens (including phenoxy) is 2. The van der Waals surface area contributed by atoms with Gasteiger partial charge in [-0.1, -0.05) is 30.3 Å². The van der Waals surface area contributed by atoms with Crippen molar-refractivity contribution in [3.05, 3.63) is 57.2 Å². The van der Waals surface area contributed by atoms with Crippen LogP contribution >= 0.6 is 22.6 Å². The number of amides is 1. The third kappa shape index (κ3) is 5.94. The molecule has 0 saturated heterocycles. The zero-order valence-electron chi connectivity index (χ0n) is 14.3. The lowest BCUT2D eigenvalue weighted by atomic mass is 10.2. The summed E-state index contributed by atoms with van der Waals surface area (Å²) in [6, 6.07) is 15.1. The van der Waals surface area contributed by atoms with Gasteiger partial charge in [0.25, 0.3) is 0 Å². The second-order valence-corrected chi connectivity index (χ2v) is 7.50. The normalized spacial score (nSPS) is 10.7. The van der Waals surface area contributed by atoms with E-state index in [1.165, 1.54) is 0 Å². The Hall–Kier alpha value is -2.27. The molecule has 0 bridgehead atoms. The maximum atomic E-state index is 12.0. The molecule has 25 heavy (non-hydrogen) atoms. The van der Waals surface area contributed by atoms with Crippen molar-refractivity contribution in [3.63, 3.8) is 0 Å². The first kappa shape index (κ1) is 19.1. The quantitative estimate of drug-likeness (QED) is 0.659. The Morgan fingerprint density at radius 3 is 2.52 bits per heavy atom. The molecule has 2 aromatic rings. The minimum Gasteiger partial charge on any atom is -0.487 e. The number of hydrogen-bond donors (Lipinski definition) is 1. The van der Waals surface area contributed by atoms with Crippen molar-refractivity contribution in [3.8, 4) is 11.8 Å². The highest BCUT2D eigenvalue weighted by Crippen LogP contribution is 2.29. The van der Waals surface area contributed by atoms with E-state index in [-0.39, 0.29) is 0 Å². The number of hydrogen-bond acceptors (Lipinski definition) is 4. The van der Waals surface area contributed by atoms with Crippen LogP contribution in [0.25, 0.3) is 0 Å². The summed E-state index contributed by atoms with van der Waals surface area (Å²) in [5.74, 6) is 0.415. The van der Waals surface area contributed by atoms with Crippen molar-refractivity contribution in [2.75, 3.05) is 5.32 Å². The van der Waals surface area contributed by atoms with Crippen LogP contribution in [0.1, 0.15) is 31.9 Å². The number of rotatable bonds is 4. The number of nitrogens with one attached hydrogen (secondary N) is 1. The van der Waals surface area contributed by atoms with Crippen LogP contribution in [-0.4, -0.2) is 11.7 Å². The highest BCUT2D eigenvalue weighted by molar-refractivity contribution is 14.1. The average molecular weight is 450 g/mol. The Morgan fingerprint density at radius 1 is 1.24 bits per heavy atom. The molecule has 2 aromatic carbocycles. The van der Waals surface area contributed by atoms with Gasteiger partial charge in [-0.05, 0) is 55.0 Å². The topological polar surface area (TPSA) is 71.3 Å². The summed E-state index contributed by atoms with van der Waals surface area (Å²) in [6.45, 7) is 5.72. The molecule has 0 aliphatic heterocycles. The fraction of sp³-hybridized carbons (Fsp3) is 0.263. The van der Waals surface area contributed by atoms with Crippen LogP contribution in [-0.2, 0) is 11.3 Å². The van der Waals surface area contributed by atoms with Crippen molar-refractivity contribution in [2.45, 2.75) is 33.0 Å². The Bertz CT molecular complexity index is 793. The molecule has 2 rings (SSSR count). The highest BCUT2D eigenvalue weighted by atomic mass is 127. The fourth-order valence-electron chi connectivity index (χ4n) is 2.00. The fourth-order valence-corrected chi connectivity index (χ4v) is 2.61. The van der Waals surface area contributed by atoms with Gasteiger partial charge in [-0.15, -0.1) is 0 Å². The molecule has 0 unspecified atom stereocenters. The molecule has 0 atom stereocenters. The predicted octanol–water partition coefficient (Wildman–Crippen LogP) is 5.09. The van der Waals surface area contributed by atoms with Gasteiger partial charge in [-0.3, -0.25) is 5.32 Å². The first-order chi connectivity index (χ1) is 11.8. The van der Waals surface area contributed by atoms with E-state index in [0.29, 0.717) is 23.6 Å².